The van der Waals surface area contributed by atoms with Crippen molar-refractivity contribution in [3.63, 3.8) is 0 Å². The second kappa shape index (κ2) is 8.90. The summed E-state index contributed by atoms with van der Waals surface area (Å²) in [6.45, 7) is 8.50. The van der Waals surface area contributed by atoms with Gasteiger partial charge in [0.25, 0.3) is 5.91 Å². The van der Waals surface area contributed by atoms with E-state index in [0.29, 0.717) is 18.7 Å². The zero-order chi connectivity index (χ0) is 25.8. The molecule has 1 aromatic heterocycles. The average Bonchev–Trinajstić information content (AvgIpc) is 3.13. The molecular weight excluding hydrogens is 489 g/mol. The Bertz CT molecular complexity index is 1300. The molecule has 2 aromatic rings. The minimum Gasteiger partial charge on any atom is -0.507 e. The zero-order valence-corrected chi connectivity index (χ0v) is 20.6. The lowest BCUT2D eigenvalue weighted by Gasteiger charge is -2.39. The topological polar surface area (TPSA) is 92.2 Å². The molecule has 10 heteroatoms. The Balaban J connectivity index is 1.71. The van der Waals surface area contributed by atoms with Crippen molar-refractivity contribution >= 4 is 29.0 Å². The Hall–Kier alpha value is -3.43. The second-order valence-corrected chi connectivity index (χ2v) is 9.73. The molecule has 36 heavy (non-hydrogen) atoms. The predicted octanol–water partition coefficient (Wildman–Crippen LogP) is 3.67. The van der Waals surface area contributed by atoms with Crippen LogP contribution in [0.5, 0.6) is 11.5 Å². The molecule has 3 aliphatic rings. The van der Waals surface area contributed by atoms with Crippen LogP contribution in [0.3, 0.4) is 0 Å². The van der Waals surface area contributed by atoms with E-state index in [0.717, 1.165) is 0 Å². The molecule has 0 aliphatic carbocycles. The Labute approximate surface area is 212 Å². The highest BCUT2D eigenvalue weighted by Gasteiger charge is 2.42. The summed E-state index contributed by atoms with van der Waals surface area (Å²) in [5.41, 5.74) is 0.0125. The Kier molecular flexibility index (Phi) is 6.00. The summed E-state index contributed by atoms with van der Waals surface area (Å²) in [4.78, 5) is 34.1. The number of amides is 2. The van der Waals surface area contributed by atoms with Crippen molar-refractivity contribution in [2.45, 2.75) is 25.5 Å². The van der Waals surface area contributed by atoms with Crippen LogP contribution in [0.1, 0.15) is 29.9 Å². The number of carbonyl (C=O) groups is 2. The molecule has 0 bridgehead atoms. The van der Waals surface area contributed by atoms with E-state index in [9.17, 15) is 19.1 Å². The number of hydrogen-bond donors (Lipinski definition) is 1. The standard InChI is InChI=1S/C26H25ClFN3O5/c1-4-18(33)30-9-10-31-14(12-30)13-35-24-20(25(31)34)22(15-8-11-36-26(15,2)3)29-23(21(24)27)19-16(28)6-5-7-17(19)32/h4-8,14,32H,1,9-13H2,2-3H3/t14-/m1/s1. The lowest BCUT2D eigenvalue weighted by atomic mass is 9.91. The molecule has 0 unspecified atom stereocenters. The smallest absolute Gasteiger partial charge is 0.260 e. The summed E-state index contributed by atoms with van der Waals surface area (Å²) in [5.74, 6) is -1.58. The number of rotatable bonds is 3. The van der Waals surface area contributed by atoms with E-state index in [1.165, 1.54) is 24.3 Å². The Morgan fingerprint density at radius 1 is 1.31 bits per heavy atom. The fraction of sp³-hybridized carbons (Fsp3) is 0.346. The van der Waals surface area contributed by atoms with Gasteiger partial charge in [0, 0.05) is 25.2 Å². The van der Waals surface area contributed by atoms with E-state index in [4.69, 9.17) is 21.1 Å². The van der Waals surface area contributed by atoms with Gasteiger partial charge in [-0.2, -0.15) is 0 Å². The maximum atomic E-state index is 14.9. The summed E-state index contributed by atoms with van der Waals surface area (Å²) in [7, 11) is 0. The highest BCUT2D eigenvalue weighted by Crippen LogP contribution is 2.47. The van der Waals surface area contributed by atoms with Crippen LogP contribution in [0.25, 0.3) is 16.8 Å². The van der Waals surface area contributed by atoms with Crippen molar-refractivity contribution in [2.75, 3.05) is 32.8 Å². The summed E-state index contributed by atoms with van der Waals surface area (Å²) in [6.07, 6.45) is 3.06. The minimum absolute atomic E-state index is 0.0410. The normalized spacial score (nSPS) is 20.7. The van der Waals surface area contributed by atoms with Gasteiger partial charge in [-0.15, -0.1) is 0 Å². The number of carbonyl (C=O) groups excluding carboxylic acids is 2. The van der Waals surface area contributed by atoms with Gasteiger partial charge in [0.05, 0.1) is 29.5 Å². The lowest BCUT2D eigenvalue weighted by Crippen LogP contribution is -2.57. The van der Waals surface area contributed by atoms with E-state index in [1.54, 1.807) is 9.80 Å². The number of hydrogen-bond acceptors (Lipinski definition) is 6. The number of benzene rings is 1. The van der Waals surface area contributed by atoms with Crippen molar-refractivity contribution in [1.29, 1.82) is 0 Å². The Morgan fingerprint density at radius 2 is 2.08 bits per heavy atom. The maximum Gasteiger partial charge on any atom is 0.260 e. The van der Waals surface area contributed by atoms with Crippen LogP contribution in [-0.4, -0.2) is 76.2 Å². The largest absolute Gasteiger partial charge is 0.507 e. The van der Waals surface area contributed by atoms with Crippen molar-refractivity contribution < 1.29 is 28.6 Å². The predicted molar refractivity (Wildman–Crippen MR) is 131 cm³/mol. The zero-order valence-electron chi connectivity index (χ0n) is 19.9. The number of nitrogens with zero attached hydrogens (tertiary/aromatic N) is 3. The van der Waals surface area contributed by atoms with Gasteiger partial charge in [-0.1, -0.05) is 30.3 Å². The fourth-order valence-electron chi connectivity index (χ4n) is 4.94. The van der Waals surface area contributed by atoms with Gasteiger partial charge in [-0.25, -0.2) is 9.37 Å². The SMILES string of the molecule is C=CC(=O)N1CCN2C(=O)c3c(C4=CCOC4(C)C)nc(-c4c(O)cccc4F)c(Cl)c3OC[C@H]2C1. The van der Waals surface area contributed by atoms with E-state index >= 15 is 0 Å². The number of aromatic hydroxyl groups is 1. The first-order chi connectivity index (χ1) is 17.1. The van der Waals surface area contributed by atoms with Gasteiger partial charge >= 0.3 is 0 Å². The minimum atomic E-state index is -0.787. The van der Waals surface area contributed by atoms with Crippen molar-refractivity contribution in [3.05, 3.63) is 59.0 Å². The number of phenols is 1. The quantitative estimate of drug-likeness (QED) is 0.630. The number of fused-ring (bicyclic) bond motifs is 2. The molecule has 1 saturated heterocycles. The second-order valence-electron chi connectivity index (χ2n) is 9.35. The van der Waals surface area contributed by atoms with Crippen LogP contribution >= 0.6 is 11.6 Å². The molecule has 8 nitrogen and oxygen atoms in total. The van der Waals surface area contributed by atoms with Crippen LogP contribution in [-0.2, 0) is 9.53 Å². The number of phenolic OH excluding ortho intramolecular Hbond substituents is 1. The molecule has 3 aliphatic heterocycles. The van der Waals surface area contributed by atoms with Gasteiger partial charge in [0.15, 0.2) is 5.75 Å². The van der Waals surface area contributed by atoms with E-state index in [2.05, 4.69) is 11.6 Å². The first-order valence-corrected chi connectivity index (χ1v) is 11.9. The van der Waals surface area contributed by atoms with Crippen molar-refractivity contribution in [3.8, 4) is 22.8 Å². The van der Waals surface area contributed by atoms with E-state index in [-0.39, 0.29) is 70.5 Å². The highest BCUT2D eigenvalue weighted by atomic mass is 35.5. The summed E-state index contributed by atoms with van der Waals surface area (Å²) < 4.78 is 26.9. The van der Waals surface area contributed by atoms with Gasteiger partial charge in [0.1, 0.15) is 34.5 Å². The molecule has 0 saturated carbocycles. The van der Waals surface area contributed by atoms with E-state index < -0.39 is 17.5 Å². The number of halogens is 2. The van der Waals surface area contributed by atoms with Crippen molar-refractivity contribution in [2.24, 2.45) is 0 Å². The molecule has 5 rings (SSSR count). The maximum absolute atomic E-state index is 14.9. The molecule has 1 fully saturated rings. The van der Waals surface area contributed by atoms with Crippen LogP contribution < -0.4 is 4.74 Å². The molecule has 188 valence electrons. The molecule has 2 amide bonds. The molecule has 1 N–H and O–H groups in total. The van der Waals surface area contributed by atoms with Gasteiger partial charge in [0.2, 0.25) is 5.91 Å². The van der Waals surface area contributed by atoms with Crippen LogP contribution in [0.2, 0.25) is 5.02 Å². The first kappa shape index (κ1) is 24.3. The van der Waals surface area contributed by atoms with Gasteiger partial charge in [-0.05, 0) is 32.1 Å². The van der Waals surface area contributed by atoms with Gasteiger partial charge in [-0.3, -0.25) is 9.59 Å². The molecular formula is C26H25ClFN3O5. The summed E-state index contributed by atoms with van der Waals surface area (Å²) in [6, 6.07) is 3.47. The fourth-order valence-corrected chi connectivity index (χ4v) is 5.23. The molecule has 1 aromatic carbocycles. The van der Waals surface area contributed by atoms with Crippen LogP contribution in [0.15, 0.2) is 36.9 Å². The molecule has 0 spiro atoms. The van der Waals surface area contributed by atoms with Crippen LogP contribution in [0.4, 0.5) is 4.39 Å². The van der Waals surface area contributed by atoms with Crippen molar-refractivity contribution in [1.82, 2.24) is 14.8 Å². The summed E-state index contributed by atoms with van der Waals surface area (Å²) in [5, 5.41) is 10.4. The monoisotopic (exact) mass is 513 g/mol. The number of ether oxygens (including phenoxy) is 2. The lowest BCUT2D eigenvalue weighted by molar-refractivity contribution is -0.128. The van der Waals surface area contributed by atoms with E-state index in [1.807, 2.05) is 19.9 Å². The highest BCUT2D eigenvalue weighted by molar-refractivity contribution is 6.35. The Morgan fingerprint density at radius 3 is 2.75 bits per heavy atom. The third-order valence-corrected chi connectivity index (χ3v) is 7.17. The number of pyridine rings is 1. The molecule has 0 radical (unpaired) electrons. The number of aromatic nitrogens is 1. The molecule has 4 heterocycles. The third kappa shape index (κ3) is 3.83. The third-order valence-electron chi connectivity index (χ3n) is 6.82. The number of piperazine rings is 1. The first-order valence-electron chi connectivity index (χ1n) is 11.6. The van der Waals surface area contributed by atoms with Crippen LogP contribution in [0, 0.1) is 5.82 Å². The molecule has 1 atom stereocenters. The average molecular weight is 514 g/mol. The summed E-state index contributed by atoms with van der Waals surface area (Å²) >= 11 is 6.73. The van der Waals surface area contributed by atoms with Gasteiger partial charge < -0.3 is 24.4 Å².